The highest BCUT2D eigenvalue weighted by molar-refractivity contribution is 5.76. The fraction of sp³-hybridized carbons (Fsp3) is 0.929. The zero-order valence-corrected chi connectivity index (χ0v) is 13.0. The summed E-state index contributed by atoms with van der Waals surface area (Å²) in [7, 11) is 0. The summed E-state index contributed by atoms with van der Waals surface area (Å²) in [6.45, 7) is 3.47. The van der Waals surface area contributed by atoms with Crippen LogP contribution in [-0.4, -0.2) is 70.6 Å². The van der Waals surface area contributed by atoms with Gasteiger partial charge in [-0.25, -0.2) is 8.78 Å². The van der Waals surface area contributed by atoms with Crippen molar-refractivity contribution in [1.82, 2.24) is 5.32 Å². The molecule has 0 amide bonds. The lowest BCUT2D eigenvalue weighted by molar-refractivity contribution is -0.283. The number of rotatable bonds is 7. The summed E-state index contributed by atoms with van der Waals surface area (Å²) in [4.78, 5) is 11.4. The monoisotopic (exact) mass is 325 g/mol. The molecule has 0 saturated carbocycles. The average molecular weight is 325 g/mol. The first kappa shape index (κ1) is 19.4. The van der Waals surface area contributed by atoms with Crippen LogP contribution in [0.2, 0.25) is 0 Å². The summed E-state index contributed by atoms with van der Waals surface area (Å²) in [6.07, 6.45) is -6.72. The van der Waals surface area contributed by atoms with Gasteiger partial charge in [-0.2, -0.15) is 0 Å². The number of aliphatic hydroxyl groups is 3. The van der Waals surface area contributed by atoms with E-state index < -0.39 is 48.9 Å². The second-order valence-corrected chi connectivity index (χ2v) is 5.86. The standard InChI is InChI=1S/C14H25F2NO5/c1-4-17-10-8(5-7(2)19)12(11(21)9(20)6-18)22-14(3,16)13(10)15/h8-13,17-18,20-21H,4-6H2,1-3H3/t8-,9-,10+,11-,12?,13?,14+/m1/s1. The second-order valence-electron chi connectivity index (χ2n) is 5.86. The number of ether oxygens (including phenoxy) is 1. The minimum Gasteiger partial charge on any atom is -0.394 e. The van der Waals surface area contributed by atoms with E-state index in [1.807, 2.05) is 0 Å². The number of halogens is 2. The predicted octanol–water partition coefficient (Wildman–Crippen LogP) is -0.304. The second kappa shape index (κ2) is 7.74. The highest BCUT2D eigenvalue weighted by Crippen LogP contribution is 2.39. The number of carbonyl (C=O) groups is 1. The molecular weight excluding hydrogens is 300 g/mol. The lowest BCUT2D eigenvalue weighted by Gasteiger charge is -2.48. The quantitative estimate of drug-likeness (QED) is 0.513. The topological polar surface area (TPSA) is 99.0 Å². The molecule has 1 saturated heterocycles. The first-order chi connectivity index (χ1) is 10.2. The molecule has 1 aliphatic heterocycles. The molecule has 8 heteroatoms. The van der Waals surface area contributed by atoms with E-state index in [-0.39, 0.29) is 12.2 Å². The maximum absolute atomic E-state index is 14.4. The minimum absolute atomic E-state index is 0.145. The molecule has 0 spiro atoms. The normalized spacial score (nSPS) is 38.5. The van der Waals surface area contributed by atoms with Gasteiger partial charge in [0.05, 0.1) is 12.7 Å². The molecule has 7 atom stereocenters. The highest BCUT2D eigenvalue weighted by Gasteiger charge is 2.55. The first-order valence-corrected chi connectivity index (χ1v) is 7.36. The molecule has 130 valence electrons. The van der Waals surface area contributed by atoms with Crippen molar-refractivity contribution >= 4 is 5.78 Å². The van der Waals surface area contributed by atoms with Crippen LogP contribution in [0.3, 0.4) is 0 Å². The lowest BCUT2D eigenvalue weighted by Crippen LogP contribution is -2.65. The van der Waals surface area contributed by atoms with Crippen molar-refractivity contribution in [2.75, 3.05) is 13.2 Å². The van der Waals surface area contributed by atoms with Gasteiger partial charge in [-0.15, -0.1) is 0 Å². The van der Waals surface area contributed by atoms with Crippen molar-refractivity contribution in [3.8, 4) is 0 Å². The molecule has 0 aliphatic carbocycles. The molecule has 0 bridgehead atoms. The summed E-state index contributed by atoms with van der Waals surface area (Å²) < 4.78 is 33.7. The Morgan fingerprint density at radius 1 is 1.45 bits per heavy atom. The molecule has 1 fully saturated rings. The van der Waals surface area contributed by atoms with Crippen LogP contribution in [0.4, 0.5) is 8.78 Å². The van der Waals surface area contributed by atoms with Crippen LogP contribution in [0.15, 0.2) is 0 Å². The molecule has 0 aromatic carbocycles. The zero-order chi connectivity index (χ0) is 17.1. The van der Waals surface area contributed by atoms with Gasteiger partial charge in [-0.1, -0.05) is 6.92 Å². The van der Waals surface area contributed by atoms with Gasteiger partial charge in [-0.3, -0.25) is 0 Å². The van der Waals surface area contributed by atoms with Crippen LogP contribution < -0.4 is 5.32 Å². The van der Waals surface area contributed by atoms with Gasteiger partial charge in [0.15, 0.2) is 6.17 Å². The molecule has 0 radical (unpaired) electrons. The molecule has 1 aliphatic rings. The average Bonchev–Trinajstić information content (AvgIpc) is 2.44. The number of aliphatic hydroxyl groups excluding tert-OH is 3. The Labute approximate surface area is 128 Å². The van der Waals surface area contributed by atoms with Gasteiger partial charge in [0.25, 0.3) is 0 Å². The van der Waals surface area contributed by atoms with Crippen molar-refractivity contribution in [2.24, 2.45) is 5.92 Å². The molecular formula is C14H25F2NO5. The van der Waals surface area contributed by atoms with Gasteiger partial charge >= 0.3 is 0 Å². The van der Waals surface area contributed by atoms with E-state index in [9.17, 15) is 23.8 Å². The van der Waals surface area contributed by atoms with Crippen LogP contribution >= 0.6 is 0 Å². The third kappa shape index (κ3) is 4.20. The van der Waals surface area contributed by atoms with Gasteiger partial charge in [0, 0.05) is 18.4 Å². The number of nitrogens with one attached hydrogen (secondary N) is 1. The van der Waals surface area contributed by atoms with Crippen molar-refractivity contribution in [1.29, 1.82) is 0 Å². The molecule has 1 heterocycles. The SMILES string of the molecule is CCN[C@@H]1C(F)[C@@](C)(F)OC([C@H](O)[C@H](O)CO)[C@@H]1CC(C)=O. The minimum atomic E-state index is -2.68. The fourth-order valence-corrected chi connectivity index (χ4v) is 2.88. The molecule has 6 nitrogen and oxygen atoms in total. The van der Waals surface area contributed by atoms with Crippen molar-refractivity contribution in [3.63, 3.8) is 0 Å². The summed E-state index contributed by atoms with van der Waals surface area (Å²) in [5.74, 6) is -3.82. The zero-order valence-electron chi connectivity index (χ0n) is 13.0. The molecule has 22 heavy (non-hydrogen) atoms. The van der Waals surface area contributed by atoms with E-state index in [2.05, 4.69) is 5.32 Å². The molecule has 0 aromatic heterocycles. The number of hydrogen-bond donors (Lipinski definition) is 4. The molecule has 0 aromatic rings. The number of ketones is 1. The molecule has 4 N–H and O–H groups in total. The third-order valence-electron chi connectivity index (χ3n) is 3.94. The maximum Gasteiger partial charge on any atom is 0.239 e. The Bertz CT molecular complexity index is 382. The largest absolute Gasteiger partial charge is 0.394 e. The van der Waals surface area contributed by atoms with E-state index in [0.29, 0.717) is 6.54 Å². The predicted molar refractivity (Wildman–Crippen MR) is 74.6 cm³/mol. The number of alkyl halides is 2. The smallest absolute Gasteiger partial charge is 0.239 e. The summed E-state index contributed by atoms with van der Waals surface area (Å²) in [5.41, 5.74) is 0. The summed E-state index contributed by atoms with van der Waals surface area (Å²) in [6, 6.07) is -1.05. The van der Waals surface area contributed by atoms with E-state index in [0.717, 1.165) is 6.92 Å². The Kier molecular flexibility index (Phi) is 6.82. The number of carbonyl (C=O) groups excluding carboxylic acids is 1. The third-order valence-corrected chi connectivity index (χ3v) is 3.94. The molecule has 1 rings (SSSR count). The molecule has 2 unspecified atom stereocenters. The summed E-state index contributed by atoms with van der Waals surface area (Å²) >= 11 is 0. The van der Waals surface area contributed by atoms with Crippen LogP contribution in [0.25, 0.3) is 0 Å². The van der Waals surface area contributed by atoms with Gasteiger partial charge < -0.3 is 30.2 Å². The van der Waals surface area contributed by atoms with Crippen molar-refractivity contribution in [2.45, 2.75) is 63.6 Å². The lowest BCUT2D eigenvalue weighted by atomic mass is 9.78. The van der Waals surface area contributed by atoms with Crippen LogP contribution in [0.5, 0.6) is 0 Å². The van der Waals surface area contributed by atoms with Crippen molar-refractivity contribution in [3.05, 3.63) is 0 Å². The Morgan fingerprint density at radius 2 is 2.05 bits per heavy atom. The van der Waals surface area contributed by atoms with Gasteiger partial charge in [-0.05, 0) is 20.4 Å². The Balaban J connectivity index is 3.14. The number of hydrogen-bond acceptors (Lipinski definition) is 6. The number of Topliss-reactive ketones (excluding diaryl/α,β-unsaturated/α-hetero) is 1. The Hall–Kier alpha value is -0.670. The van der Waals surface area contributed by atoms with Crippen LogP contribution in [0.1, 0.15) is 27.2 Å². The fourth-order valence-electron chi connectivity index (χ4n) is 2.88. The Morgan fingerprint density at radius 3 is 2.50 bits per heavy atom. The van der Waals surface area contributed by atoms with Gasteiger partial charge in [0.2, 0.25) is 5.85 Å². The van der Waals surface area contributed by atoms with Crippen LogP contribution in [0, 0.1) is 5.92 Å². The summed E-state index contributed by atoms with van der Waals surface area (Å²) in [5, 5.41) is 31.4. The van der Waals surface area contributed by atoms with E-state index in [1.165, 1.54) is 6.92 Å². The van der Waals surface area contributed by atoms with Crippen LogP contribution in [-0.2, 0) is 9.53 Å². The van der Waals surface area contributed by atoms with E-state index in [1.54, 1.807) is 6.92 Å². The van der Waals surface area contributed by atoms with Gasteiger partial charge in [0.1, 0.15) is 18.0 Å². The van der Waals surface area contributed by atoms with Crippen molar-refractivity contribution < 1.29 is 33.6 Å². The highest BCUT2D eigenvalue weighted by atomic mass is 19.2. The maximum atomic E-state index is 14.4. The first-order valence-electron chi connectivity index (χ1n) is 7.36. The van der Waals surface area contributed by atoms with E-state index in [4.69, 9.17) is 9.84 Å². The van der Waals surface area contributed by atoms with E-state index >= 15 is 0 Å².